The van der Waals surface area contributed by atoms with Crippen LogP contribution in [0, 0.1) is 0 Å². The van der Waals surface area contributed by atoms with Gasteiger partial charge in [0, 0.05) is 11.6 Å². The van der Waals surface area contributed by atoms with E-state index in [0.29, 0.717) is 26.3 Å². The number of nitrogens with zero attached hydrogens (tertiary/aromatic N) is 2. The van der Waals surface area contributed by atoms with Gasteiger partial charge in [-0.3, -0.25) is 4.79 Å². The first-order valence-electron chi connectivity index (χ1n) is 8.38. The van der Waals surface area contributed by atoms with Gasteiger partial charge in [0.05, 0.1) is 25.3 Å². The Kier molecular flexibility index (Phi) is 6.62. The second-order valence-corrected chi connectivity index (χ2v) is 7.31. The second kappa shape index (κ2) is 9.34. The van der Waals surface area contributed by atoms with Crippen molar-refractivity contribution >= 4 is 46.5 Å². The van der Waals surface area contributed by atoms with Gasteiger partial charge in [0.25, 0.3) is 5.91 Å². The van der Waals surface area contributed by atoms with E-state index in [1.807, 2.05) is 42.5 Å². The third kappa shape index (κ3) is 4.68. The molecule has 1 saturated heterocycles. The van der Waals surface area contributed by atoms with E-state index in [0.717, 1.165) is 5.56 Å². The van der Waals surface area contributed by atoms with Gasteiger partial charge in [-0.25, -0.2) is 0 Å². The Labute approximate surface area is 173 Å². The summed E-state index contributed by atoms with van der Waals surface area (Å²) in [6.45, 7) is 0. The van der Waals surface area contributed by atoms with Crippen molar-refractivity contribution in [2.24, 2.45) is 5.10 Å². The lowest BCUT2D eigenvalue weighted by atomic mass is 10.2. The zero-order valence-corrected chi connectivity index (χ0v) is 17.0. The molecule has 0 N–H and O–H groups in total. The third-order valence-electron chi connectivity index (χ3n) is 3.86. The molecule has 1 aliphatic rings. The van der Waals surface area contributed by atoms with Gasteiger partial charge in [-0.2, -0.15) is 10.1 Å². The number of carbonyl (C=O) groups is 1. The topological polar surface area (TPSA) is 51.1 Å². The van der Waals surface area contributed by atoms with Crippen LogP contribution in [-0.4, -0.2) is 35.7 Å². The molecule has 1 fully saturated rings. The van der Waals surface area contributed by atoms with Crippen LogP contribution in [0.5, 0.6) is 11.5 Å². The largest absolute Gasteiger partial charge is 0.497 e. The van der Waals surface area contributed by atoms with E-state index in [-0.39, 0.29) is 5.91 Å². The molecule has 0 spiro atoms. The van der Waals surface area contributed by atoms with Gasteiger partial charge in [0.1, 0.15) is 11.5 Å². The molecule has 0 bridgehead atoms. The van der Waals surface area contributed by atoms with Gasteiger partial charge in [-0.15, -0.1) is 0 Å². The average molecular weight is 411 g/mol. The van der Waals surface area contributed by atoms with Crippen LogP contribution in [0.15, 0.2) is 70.7 Å². The fraction of sp³-hybridized carbons (Fsp3) is 0.0952. The number of amides is 1. The minimum absolute atomic E-state index is 0.253. The highest BCUT2D eigenvalue weighted by atomic mass is 32.2. The maximum atomic E-state index is 12.6. The van der Waals surface area contributed by atoms with Crippen molar-refractivity contribution in [3.63, 3.8) is 0 Å². The van der Waals surface area contributed by atoms with Crippen LogP contribution in [0.4, 0.5) is 0 Å². The lowest BCUT2D eigenvalue weighted by Gasteiger charge is -2.09. The molecular formula is C21H18N2O3S2. The fourth-order valence-corrected chi connectivity index (χ4v) is 3.55. The number of hydrogen-bond acceptors (Lipinski definition) is 6. The summed E-state index contributed by atoms with van der Waals surface area (Å²) >= 11 is 6.51. The van der Waals surface area contributed by atoms with Crippen LogP contribution in [0.2, 0.25) is 0 Å². The number of carbonyl (C=O) groups excluding carboxylic acids is 1. The van der Waals surface area contributed by atoms with Crippen molar-refractivity contribution in [2.75, 3.05) is 14.2 Å². The molecule has 28 heavy (non-hydrogen) atoms. The molecule has 142 valence electrons. The Hall–Kier alpha value is -2.90. The van der Waals surface area contributed by atoms with E-state index in [4.69, 9.17) is 21.7 Å². The van der Waals surface area contributed by atoms with Gasteiger partial charge in [0.15, 0.2) is 4.32 Å². The van der Waals surface area contributed by atoms with Crippen LogP contribution in [0.3, 0.4) is 0 Å². The molecule has 3 rings (SSSR count). The Morgan fingerprint density at radius 3 is 2.61 bits per heavy atom. The van der Waals surface area contributed by atoms with Gasteiger partial charge in [0.2, 0.25) is 0 Å². The summed E-state index contributed by atoms with van der Waals surface area (Å²) in [5.74, 6) is 1.01. The fourth-order valence-electron chi connectivity index (χ4n) is 2.43. The first-order chi connectivity index (χ1) is 13.6. The number of rotatable bonds is 6. The van der Waals surface area contributed by atoms with Crippen molar-refractivity contribution < 1.29 is 14.3 Å². The highest BCUT2D eigenvalue weighted by molar-refractivity contribution is 8.26. The van der Waals surface area contributed by atoms with Crippen LogP contribution in [0.25, 0.3) is 6.08 Å². The van der Waals surface area contributed by atoms with Crippen molar-refractivity contribution in [3.05, 3.63) is 76.7 Å². The van der Waals surface area contributed by atoms with Gasteiger partial charge in [-0.1, -0.05) is 54.2 Å². The van der Waals surface area contributed by atoms with E-state index < -0.39 is 0 Å². The summed E-state index contributed by atoms with van der Waals surface area (Å²) in [4.78, 5) is 13.1. The number of allylic oxidation sites excluding steroid dienone is 2. The van der Waals surface area contributed by atoms with E-state index >= 15 is 0 Å². The Morgan fingerprint density at radius 2 is 1.89 bits per heavy atom. The van der Waals surface area contributed by atoms with Crippen molar-refractivity contribution in [3.8, 4) is 11.5 Å². The molecule has 0 aromatic heterocycles. The molecule has 1 amide bonds. The summed E-state index contributed by atoms with van der Waals surface area (Å²) < 4.78 is 10.9. The van der Waals surface area contributed by atoms with Gasteiger partial charge >= 0.3 is 0 Å². The van der Waals surface area contributed by atoms with Crippen molar-refractivity contribution in [2.45, 2.75) is 0 Å². The molecule has 0 atom stereocenters. The van der Waals surface area contributed by atoms with Crippen LogP contribution >= 0.6 is 24.0 Å². The van der Waals surface area contributed by atoms with E-state index in [2.05, 4.69) is 5.10 Å². The number of hydrogen-bond donors (Lipinski definition) is 0. The zero-order valence-electron chi connectivity index (χ0n) is 15.4. The van der Waals surface area contributed by atoms with Gasteiger partial charge < -0.3 is 9.47 Å². The van der Waals surface area contributed by atoms with Crippen molar-refractivity contribution in [1.82, 2.24) is 5.01 Å². The highest BCUT2D eigenvalue weighted by Crippen LogP contribution is 2.31. The SMILES string of the molecule is COc1ccc(/C=N/N2C(=O)/C(=C\C=C/c3ccccc3)SC2=S)c(OC)c1. The summed E-state index contributed by atoms with van der Waals surface area (Å²) in [7, 11) is 3.15. The maximum absolute atomic E-state index is 12.6. The first-order valence-corrected chi connectivity index (χ1v) is 9.60. The van der Waals surface area contributed by atoms with E-state index in [1.165, 1.54) is 16.8 Å². The first kappa shape index (κ1) is 19.9. The smallest absolute Gasteiger partial charge is 0.286 e. The molecule has 1 aliphatic heterocycles. The number of benzene rings is 2. The summed E-state index contributed by atoms with van der Waals surface area (Å²) in [5, 5.41) is 5.46. The zero-order chi connectivity index (χ0) is 19.9. The van der Waals surface area contributed by atoms with E-state index in [1.54, 1.807) is 44.7 Å². The van der Waals surface area contributed by atoms with E-state index in [9.17, 15) is 4.79 Å². The standard InChI is InChI=1S/C21H18N2O3S2/c1-25-17-12-11-16(18(13-17)26-2)14-22-23-20(24)19(28-21(23)27)10-6-9-15-7-4-3-5-8-15/h3-14H,1-2H3/b9-6-,19-10+,22-14+. The second-order valence-electron chi connectivity index (χ2n) is 5.64. The monoisotopic (exact) mass is 410 g/mol. The van der Waals surface area contributed by atoms with Crippen LogP contribution < -0.4 is 9.47 Å². The molecule has 0 radical (unpaired) electrons. The lowest BCUT2D eigenvalue weighted by Crippen LogP contribution is -2.22. The number of thioether (sulfide) groups is 1. The average Bonchev–Trinajstić information content (AvgIpc) is 3.00. The molecule has 5 nitrogen and oxygen atoms in total. The summed E-state index contributed by atoms with van der Waals surface area (Å²) in [6.07, 6.45) is 7.05. The summed E-state index contributed by atoms with van der Waals surface area (Å²) in [6, 6.07) is 15.2. The van der Waals surface area contributed by atoms with Crippen LogP contribution in [0.1, 0.15) is 11.1 Å². The minimum Gasteiger partial charge on any atom is -0.497 e. The molecule has 2 aromatic rings. The highest BCUT2D eigenvalue weighted by Gasteiger charge is 2.31. The predicted molar refractivity (Wildman–Crippen MR) is 118 cm³/mol. The molecule has 0 aliphatic carbocycles. The quantitative estimate of drug-likeness (QED) is 0.399. The number of hydrazone groups is 1. The van der Waals surface area contributed by atoms with Gasteiger partial charge in [-0.05, 0) is 36.0 Å². The molecule has 0 saturated carbocycles. The number of methoxy groups -OCH3 is 2. The number of thiocarbonyl (C=S) groups is 1. The number of ether oxygens (including phenoxy) is 2. The molecular weight excluding hydrogens is 392 g/mol. The Bertz CT molecular complexity index is 969. The third-order valence-corrected chi connectivity index (χ3v) is 5.16. The molecule has 7 heteroatoms. The van der Waals surface area contributed by atoms with Crippen LogP contribution in [-0.2, 0) is 4.79 Å². The molecule has 1 heterocycles. The molecule has 2 aromatic carbocycles. The molecule has 0 unspecified atom stereocenters. The van der Waals surface area contributed by atoms with Crippen molar-refractivity contribution in [1.29, 1.82) is 0 Å². The Balaban J connectivity index is 1.74. The maximum Gasteiger partial charge on any atom is 0.286 e. The predicted octanol–water partition coefficient (Wildman–Crippen LogP) is 4.50. The summed E-state index contributed by atoms with van der Waals surface area (Å²) in [5.41, 5.74) is 1.77. The Morgan fingerprint density at radius 1 is 1.11 bits per heavy atom. The normalized spacial score (nSPS) is 15.9. The minimum atomic E-state index is -0.253. The lowest BCUT2D eigenvalue weighted by molar-refractivity contribution is -0.122.